The van der Waals surface area contributed by atoms with Crippen molar-refractivity contribution < 1.29 is 0 Å². The van der Waals surface area contributed by atoms with E-state index >= 15 is 0 Å². The highest BCUT2D eigenvalue weighted by molar-refractivity contribution is 4.74. The lowest BCUT2D eigenvalue weighted by atomic mass is 10.1. The fourth-order valence-corrected chi connectivity index (χ4v) is 2.43. The number of rotatable bonds is 7. The first-order chi connectivity index (χ1) is 8.13. The molecule has 17 heavy (non-hydrogen) atoms. The minimum atomic E-state index is 0.674. The van der Waals surface area contributed by atoms with Gasteiger partial charge in [-0.1, -0.05) is 6.42 Å². The number of unbranched alkanes of at least 4 members (excludes halogenated alkanes) is 1. The van der Waals surface area contributed by atoms with Gasteiger partial charge in [-0.15, -0.1) is 0 Å². The third-order valence-electron chi connectivity index (χ3n) is 3.99. The molecular weight excluding hydrogens is 210 g/mol. The van der Waals surface area contributed by atoms with E-state index in [9.17, 15) is 0 Å². The van der Waals surface area contributed by atoms with Gasteiger partial charge in [0.1, 0.15) is 0 Å². The van der Waals surface area contributed by atoms with Gasteiger partial charge in [0.05, 0.1) is 0 Å². The Kier molecular flexibility index (Phi) is 7.09. The zero-order chi connectivity index (χ0) is 12.7. The Hall–Kier alpha value is -0.120. The Morgan fingerprint density at radius 1 is 1.00 bits per heavy atom. The second kappa shape index (κ2) is 8.06. The maximum absolute atomic E-state index is 3.30. The number of hydrogen-bond donors (Lipinski definition) is 1. The first kappa shape index (κ1) is 14.9. The third-order valence-corrected chi connectivity index (χ3v) is 3.99. The molecule has 0 amide bonds. The van der Waals surface area contributed by atoms with Gasteiger partial charge in [0, 0.05) is 38.3 Å². The standard InChI is InChI=1S/C14H31N3/c1-13(2)17-11-9-16(10-12-17)8-6-5-7-14(3)15-4/h13-15H,5-12H2,1-4H3. The molecule has 1 atom stereocenters. The van der Waals surface area contributed by atoms with Crippen LogP contribution in [0.15, 0.2) is 0 Å². The highest BCUT2D eigenvalue weighted by atomic mass is 15.3. The Balaban J connectivity index is 2.02. The highest BCUT2D eigenvalue weighted by Crippen LogP contribution is 2.08. The Labute approximate surface area is 108 Å². The van der Waals surface area contributed by atoms with Crippen LogP contribution in [0.25, 0.3) is 0 Å². The maximum atomic E-state index is 3.30. The summed E-state index contributed by atoms with van der Waals surface area (Å²) in [7, 11) is 2.05. The molecule has 0 aromatic carbocycles. The monoisotopic (exact) mass is 241 g/mol. The fourth-order valence-electron chi connectivity index (χ4n) is 2.43. The van der Waals surface area contributed by atoms with Crippen LogP contribution >= 0.6 is 0 Å². The van der Waals surface area contributed by atoms with Crippen molar-refractivity contribution in [3.8, 4) is 0 Å². The number of nitrogens with one attached hydrogen (secondary N) is 1. The van der Waals surface area contributed by atoms with Gasteiger partial charge >= 0.3 is 0 Å². The first-order valence-electron chi connectivity index (χ1n) is 7.27. The lowest BCUT2D eigenvalue weighted by molar-refractivity contribution is 0.107. The van der Waals surface area contributed by atoms with Crippen molar-refractivity contribution in [1.82, 2.24) is 15.1 Å². The largest absolute Gasteiger partial charge is 0.317 e. The average Bonchev–Trinajstić information content (AvgIpc) is 2.34. The Morgan fingerprint density at radius 2 is 1.65 bits per heavy atom. The van der Waals surface area contributed by atoms with Crippen LogP contribution < -0.4 is 5.32 Å². The molecule has 0 aromatic heterocycles. The van der Waals surface area contributed by atoms with Crippen LogP contribution in [0.1, 0.15) is 40.0 Å². The summed E-state index contributed by atoms with van der Waals surface area (Å²) in [6, 6.07) is 1.39. The molecule has 1 heterocycles. The van der Waals surface area contributed by atoms with E-state index < -0.39 is 0 Å². The Bertz CT molecular complexity index is 186. The molecule has 0 radical (unpaired) electrons. The average molecular weight is 241 g/mol. The minimum Gasteiger partial charge on any atom is -0.317 e. The van der Waals surface area contributed by atoms with Gasteiger partial charge in [-0.25, -0.2) is 0 Å². The molecule has 0 bridgehead atoms. The van der Waals surface area contributed by atoms with Crippen LogP contribution in [0.2, 0.25) is 0 Å². The van der Waals surface area contributed by atoms with Gasteiger partial charge in [-0.3, -0.25) is 4.90 Å². The lowest BCUT2D eigenvalue weighted by Gasteiger charge is -2.37. The molecule has 1 fully saturated rings. The lowest BCUT2D eigenvalue weighted by Crippen LogP contribution is -2.48. The van der Waals surface area contributed by atoms with E-state index in [1.807, 2.05) is 0 Å². The normalized spacial score (nSPS) is 21.0. The van der Waals surface area contributed by atoms with Crippen LogP contribution in [0, 0.1) is 0 Å². The molecule has 1 saturated heterocycles. The summed E-state index contributed by atoms with van der Waals surface area (Å²) in [5.74, 6) is 0. The molecule has 0 aromatic rings. The van der Waals surface area contributed by atoms with Gasteiger partial charge < -0.3 is 10.2 Å². The van der Waals surface area contributed by atoms with E-state index in [-0.39, 0.29) is 0 Å². The number of piperazine rings is 1. The van der Waals surface area contributed by atoms with E-state index in [1.165, 1.54) is 52.0 Å². The summed E-state index contributed by atoms with van der Waals surface area (Å²) in [4.78, 5) is 5.21. The number of hydrogen-bond acceptors (Lipinski definition) is 3. The van der Waals surface area contributed by atoms with Crippen molar-refractivity contribution in [3.05, 3.63) is 0 Å². The van der Waals surface area contributed by atoms with Crippen LogP contribution in [0.5, 0.6) is 0 Å². The summed E-state index contributed by atoms with van der Waals surface area (Å²) < 4.78 is 0. The molecule has 102 valence electrons. The maximum Gasteiger partial charge on any atom is 0.0113 e. The van der Waals surface area contributed by atoms with Crippen molar-refractivity contribution in [1.29, 1.82) is 0 Å². The van der Waals surface area contributed by atoms with Gasteiger partial charge in [0.15, 0.2) is 0 Å². The zero-order valence-corrected chi connectivity index (χ0v) is 12.2. The van der Waals surface area contributed by atoms with E-state index in [4.69, 9.17) is 0 Å². The predicted molar refractivity (Wildman–Crippen MR) is 75.5 cm³/mol. The van der Waals surface area contributed by atoms with Crippen molar-refractivity contribution >= 4 is 0 Å². The van der Waals surface area contributed by atoms with Crippen molar-refractivity contribution in [2.75, 3.05) is 39.8 Å². The van der Waals surface area contributed by atoms with Crippen LogP contribution in [0.4, 0.5) is 0 Å². The van der Waals surface area contributed by atoms with Crippen LogP contribution in [-0.2, 0) is 0 Å². The second-order valence-corrected chi connectivity index (χ2v) is 5.66. The zero-order valence-electron chi connectivity index (χ0n) is 12.2. The van der Waals surface area contributed by atoms with Crippen LogP contribution in [0.3, 0.4) is 0 Å². The smallest absolute Gasteiger partial charge is 0.0113 e. The Morgan fingerprint density at radius 3 is 2.18 bits per heavy atom. The van der Waals surface area contributed by atoms with E-state index in [0.29, 0.717) is 12.1 Å². The fraction of sp³-hybridized carbons (Fsp3) is 1.00. The van der Waals surface area contributed by atoms with Gasteiger partial charge in [-0.05, 0) is 47.2 Å². The summed E-state index contributed by atoms with van der Waals surface area (Å²) in [6.45, 7) is 13.2. The van der Waals surface area contributed by atoms with Crippen LogP contribution in [-0.4, -0.2) is 61.7 Å². The molecule has 1 N–H and O–H groups in total. The molecule has 0 aliphatic carbocycles. The van der Waals surface area contributed by atoms with Gasteiger partial charge in [0.25, 0.3) is 0 Å². The molecule has 0 saturated carbocycles. The summed E-state index contributed by atoms with van der Waals surface area (Å²) in [5.41, 5.74) is 0. The van der Waals surface area contributed by atoms with Gasteiger partial charge in [-0.2, -0.15) is 0 Å². The molecule has 1 aliphatic heterocycles. The molecule has 3 heteroatoms. The summed E-state index contributed by atoms with van der Waals surface area (Å²) in [5, 5.41) is 3.30. The van der Waals surface area contributed by atoms with Crippen molar-refractivity contribution in [2.45, 2.75) is 52.1 Å². The topological polar surface area (TPSA) is 18.5 Å². The minimum absolute atomic E-state index is 0.674. The van der Waals surface area contributed by atoms with Crippen molar-refractivity contribution in [2.24, 2.45) is 0 Å². The predicted octanol–water partition coefficient (Wildman–Crippen LogP) is 1.79. The molecule has 3 nitrogen and oxygen atoms in total. The third kappa shape index (κ3) is 5.84. The summed E-state index contributed by atoms with van der Waals surface area (Å²) in [6.07, 6.45) is 4.02. The second-order valence-electron chi connectivity index (χ2n) is 5.66. The molecule has 1 rings (SSSR count). The molecule has 1 aliphatic rings. The molecule has 0 spiro atoms. The molecule has 1 unspecified atom stereocenters. The number of nitrogens with zero attached hydrogens (tertiary/aromatic N) is 2. The SMILES string of the molecule is CNC(C)CCCCN1CCN(C(C)C)CC1. The quantitative estimate of drug-likeness (QED) is 0.686. The highest BCUT2D eigenvalue weighted by Gasteiger charge is 2.17. The van der Waals surface area contributed by atoms with Gasteiger partial charge in [0.2, 0.25) is 0 Å². The van der Waals surface area contributed by atoms with Crippen molar-refractivity contribution in [3.63, 3.8) is 0 Å². The van der Waals surface area contributed by atoms with E-state index in [1.54, 1.807) is 0 Å². The summed E-state index contributed by atoms with van der Waals surface area (Å²) >= 11 is 0. The molecular formula is C14H31N3. The van der Waals surface area contributed by atoms with E-state index in [2.05, 4.69) is 42.9 Å². The first-order valence-corrected chi connectivity index (χ1v) is 7.27. The van der Waals surface area contributed by atoms with E-state index in [0.717, 1.165) is 0 Å².